The van der Waals surface area contributed by atoms with Crippen LogP contribution in [0.5, 0.6) is 0 Å². The minimum absolute atomic E-state index is 0.0780. The molecule has 2 N–H and O–H groups in total. The zero-order valence-electron chi connectivity index (χ0n) is 12.3. The summed E-state index contributed by atoms with van der Waals surface area (Å²) in [6.07, 6.45) is -3.59. The smallest absolute Gasteiger partial charge is 0.368 e. The Hall–Kier alpha value is -1.54. The lowest BCUT2D eigenvalue weighted by Gasteiger charge is -2.17. The number of carbonyl (C=O) groups is 1. The molecule has 0 atom stereocenters. The highest BCUT2D eigenvalue weighted by Crippen LogP contribution is 2.32. The Morgan fingerprint density at radius 2 is 2.09 bits per heavy atom. The minimum Gasteiger partial charge on any atom is -0.368 e. The van der Waals surface area contributed by atoms with Crippen molar-refractivity contribution < 1.29 is 18.0 Å². The summed E-state index contributed by atoms with van der Waals surface area (Å²) >= 11 is 5.75. The number of amides is 1. The largest absolute Gasteiger partial charge is 0.417 e. The van der Waals surface area contributed by atoms with Gasteiger partial charge in [0.05, 0.1) is 10.6 Å². The molecule has 0 aliphatic rings. The van der Waals surface area contributed by atoms with Crippen molar-refractivity contribution in [1.29, 1.82) is 0 Å². The number of anilines is 1. The van der Waals surface area contributed by atoms with E-state index in [4.69, 9.17) is 11.6 Å². The van der Waals surface area contributed by atoms with E-state index in [0.717, 1.165) is 6.07 Å². The lowest BCUT2D eigenvalue weighted by Crippen LogP contribution is -2.33. The number of pyridine rings is 1. The molecule has 0 fully saturated rings. The Kier molecular flexibility index (Phi) is 6.89. The first-order valence-corrected chi connectivity index (χ1v) is 6.98. The number of alkyl halides is 3. The van der Waals surface area contributed by atoms with E-state index in [1.165, 1.54) is 0 Å². The van der Waals surface area contributed by atoms with Gasteiger partial charge in [0.2, 0.25) is 5.91 Å². The van der Waals surface area contributed by atoms with Gasteiger partial charge in [-0.1, -0.05) is 11.6 Å². The number of carbonyl (C=O) groups excluding carboxylic acids is 1. The van der Waals surface area contributed by atoms with Gasteiger partial charge in [-0.2, -0.15) is 13.2 Å². The monoisotopic (exact) mass is 338 g/mol. The Bertz CT molecular complexity index is 511. The molecule has 0 bridgehead atoms. The summed E-state index contributed by atoms with van der Waals surface area (Å²) in [6.45, 7) is 1.50. The van der Waals surface area contributed by atoms with Crippen LogP contribution < -0.4 is 10.6 Å². The molecule has 0 radical (unpaired) electrons. The van der Waals surface area contributed by atoms with Crippen LogP contribution in [0, 0.1) is 0 Å². The third-order valence-electron chi connectivity index (χ3n) is 2.92. The second-order valence-electron chi connectivity index (χ2n) is 4.65. The van der Waals surface area contributed by atoms with Crippen LogP contribution >= 0.6 is 11.6 Å². The Morgan fingerprint density at radius 3 is 2.64 bits per heavy atom. The average molecular weight is 339 g/mol. The molecule has 9 heteroatoms. The van der Waals surface area contributed by atoms with Crippen molar-refractivity contribution in [3.63, 3.8) is 0 Å². The SMILES string of the molecule is CNCCN(C)C(=O)CCNc1ncc(C(F)(F)F)cc1Cl. The number of hydrogen-bond donors (Lipinski definition) is 2. The van der Waals surface area contributed by atoms with Gasteiger partial charge in [0.1, 0.15) is 5.82 Å². The maximum absolute atomic E-state index is 12.5. The number of rotatable bonds is 7. The molecule has 1 aromatic rings. The summed E-state index contributed by atoms with van der Waals surface area (Å²) in [4.78, 5) is 17.0. The molecule has 1 aromatic heterocycles. The van der Waals surface area contributed by atoms with Gasteiger partial charge in [-0.3, -0.25) is 4.79 Å². The summed E-state index contributed by atoms with van der Waals surface area (Å²) in [7, 11) is 3.47. The zero-order valence-corrected chi connectivity index (χ0v) is 13.1. The van der Waals surface area contributed by atoms with Gasteiger partial charge in [0, 0.05) is 39.3 Å². The second kappa shape index (κ2) is 8.19. The standard InChI is InChI=1S/C13H18ClF3N4O/c1-18-5-6-21(2)11(22)3-4-19-12-10(14)7-9(8-20-12)13(15,16)17/h7-8,18H,3-6H2,1-2H3,(H,19,20). The molecule has 22 heavy (non-hydrogen) atoms. The van der Waals surface area contributed by atoms with Crippen molar-refractivity contribution in [2.75, 3.05) is 39.0 Å². The van der Waals surface area contributed by atoms with Gasteiger partial charge < -0.3 is 15.5 Å². The fourth-order valence-electron chi connectivity index (χ4n) is 1.61. The van der Waals surface area contributed by atoms with E-state index in [1.54, 1.807) is 19.0 Å². The first-order valence-electron chi connectivity index (χ1n) is 6.61. The first kappa shape index (κ1) is 18.5. The fraction of sp³-hybridized carbons (Fsp3) is 0.538. The summed E-state index contributed by atoms with van der Waals surface area (Å²) in [5.74, 6) is 0.0473. The molecule has 0 aliphatic carbocycles. The topological polar surface area (TPSA) is 57.3 Å². The van der Waals surface area contributed by atoms with E-state index in [9.17, 15) is 18.0 Å². The molecule has 0 unspecified atom stereocenters. The quantitative estimate of drug-likeness (QED) is 0.800. The lowest BCUT2D eigenvalue weighted by molar-refractivity contribution is -0.137. The number of hydrogen-bond acceptors (Lipinski definition) is 4. The van der Waals surface area contributed by atoms with E-state index in [1.807, 2.05) is 0 Å². The van der Waals surface area contributed by atoms with E-state index < -0.39 is 11.7 Å². The molecule has 0 spiro atoms. The predicted octanol–water partition coefficient (Wildman–Crippen LogP) is 2.23. The van der Waals surface area contributed by atoms with Crippen molar-refractivity contribution in [2.45, 2.75) is 12.6 Å². The molecular weight excluding hydrogens is 321 g/mol. The molecule has 1 rings (SSSR count). The molecular formula is C13H18ClF3N4O. The highest BCUT2D eigenvalue weighted by molar-refractivity contribution is 6.32. The van der Waals surface area contributed by atoms with E-state index in [-0.39, 0.29) is 29.7 Å². The Balaban J connectivity index is 2.50. The average Bonchev–Trinajstić information content (AvgIpc) is 2.45. The summed E-state index contributed by atoms with van der Waals surface area (Å²) < 4.78 is 37.4. The molecule has 0 saturated carbocycles. The maximum Gasteiger partial charge on any atom is 0.417 e. The first-order chi connectivity index (χ1) is 10.3. The highest BCUT2D eigenvalue weighted by atomic mass is 35.5. The summed E-state index contributed by atoms with van der Waals surface area (Å²) in [6, 6.07) is 0.803. The normalized spacial score (nSPS) is 11.4. The van der Waals surface area contributed by atoms with Crippen LogP contribution in [-0.2, 0) is 11.0 Å². The molecule has 5 nitrogen and oxygen atoms in total. The third kappa shape index (κ3) is 5.69. The number of likely N-dealkylation sites (N-methyl/N-ethyl adjacent to an activating group) is 2. The van der Waals surface area contributed by atoms with Gasteiger partial charge in [0.25, 0.3) is 0 Å². The molecule has 1 amide bonds. The summed E-state index contributed by atoms with van der Waals surface area (Å²) in [5, 5.41) is 5.56. The molecule has 124 valence electrons. The van der Waals surface area contributed by atoms with Gasteiger partial charge in [-0.25, -0.2) is 4.98 Å². The van der Waals surface area contributed by atoms with Crippen molar-refractivity contribution in [3.05, 3.63) is 22.8 Å². The van der Waals surface area contributed by atoms with Crippen LogP contribution in [0.2, 0.25) is 5.02 Å². The number of aromatic nitrogens is 1. The van der Waals surface area contributed by atoms with Crippen LogP contribution in [0.1, 0.15) is 12.0 Å². The number of nitrogens with one attached hydrogen (secondary N) is 2. The zero-order chi connectivity index (χ0) is 16.8. The maximum atomic E-state index is 12.5. The number of nitrogens with zero attached hydrogens (tertiary/aromatic N) is 2. The number of halogens is 4. The van der Waals surface area contributed by atoms with E-state index in [0.29, 0.717) is 19.3 Å². The molecule has 0 aromatic carbocycles. The molecule has 0 saturated heterocycles. The lowest BCUT2D eigenvalue weighted by atomic mass is 10.2. The van der Waals surface area contributed by atoms with Crippen molar-refractivity contribution in [2.24, 2.45) is 0 Å². The van der Waals surface area contributed by atoms with Gasteiger partial charge in [-0.15, -0.1) is 0 Å². The van der Waals surface area contributed by atoms with E-state index >= 15 is 0 Å². The van der Waals surface area contributed by atoms with Gasteiger partial charge >= 0.3 is 6.18 Å². The van der Waals surface area contributed by atoms with Gasteiger partial charge in [0.15, 0.2) is 0 Å². The van der Waals surface area contributed by atoms with Crippen LogP contribution in [0.3, 0.4) is 0 Å². The van der Waals surface area contributed by atoms with Crippen LogP contribution in [0.4, 0.5) is 19.0 Å². The molecule has 0 aliphatic heterocycles. The van der Waals surface area contributed by atoms with E-state index in [2.05, 4.69) is 15.6 Å². The van der Waals surface area contributed by atoms with Crippen LogP contribution in [0.15, 0.2) is 12.3 Å². The Labute approximate surface area is 131 Å². The van der Waals surface area contributed by atoms with Crippen molar-refractivity contribution in [3.8, 4) is 0 Å². The van der Waals surface area contributed by atoms with Crippen LogP contribution in [-0.4, -0.2) is 49.5 Å². The Morgan fingerprint density at radius 1 is 1.41 bits per heavy atom. The van der Waals surface area contributed by atoms with Gasteiger partial charge in [-0.05, 0) is 13.1 Å². The van der Waals surface area contributed by atoms with Crippen molar-refractivity contribution in [1.82, 2.24) is 15.2 Å². The predicted molar refractivity (Wildman–Crippen MR) is 78.9 cm³/mol. The third-order valence-corrected chi connectivity index (χ3v) is 3.21. The summed E-state index contributed by atoms with van der Waals surface area (Å²) in [5.41, 5.74) is -0.911. The minimum atomic E-state index is -4.48. The molecule has 1 heterocycles. The van der Waals surface area contributed by atoms with Crippen LogP contribution in [0.25, 0.3) is 0 Å². The second-order valence-corrected chi connectivity index (χ2v) is 5.06. The fourth-order valence-corrected chi connectivity index (χ4v) is 1.84. The van der Waals surface area contributed by atoms with Crippen molar-refractivity contribution >= 4 is 23.3 Å². The highest BCUT2D eigenvalue weighted by Gasteiger charge is 2.31.